The van der Waals surface area contributed by atoms with Gasteiger partial charge in [0.2, 0.25) is 0 Å². The van der Waals surface area contributed by atoms with E-state index in [-0.39, 0.29) is 6.04 Å². The van der Waals surface area contributed by atoms with E-state index in [1.165, 1.54) is 5.56 Å². The van der Waals surface area contributed by atoms with Gasteiger partial charge in [0.1, 0.15) is 6.04 Å². The Morgan fingerprint density at radius 1 is 1.47 bits per heavy atom. The first kappa shape index (κ1) is 14.0. The number of hydrogen-bond acceptors (Lipinski definition) is 3. The summed E-state index contributed by atoms with van der Waals surface area (Å²) < 4.78 is 5.72. The van der Waals surface area contributed by atoms with Crippen LogP contribution in [-0.2, 0) is 16.1 Å². The summed E-state index contributed by atoms with van der Waals surface area (Å²) in [5, 5.41) is 8.98. The van der Waals surface area contributed by atoms with Gasteiger partial charge in [-0.15, -0.1) is 0 Å². The number of rotatable bonds is 6. The van der Waals surface area contributed by atoms with Gasteiger partial charge in [-0.05, 0) is 31.4 Å². The molecule has 0 aromatic heterocycles. The minimum Gasteiger partial charge on any atom is -0.480 e. The highest BCUT2D eigenvalue weighted by Gasteiger charge is 2.29. The van der Waals surface area contributed by atoms with Crippen molar-refractivity contribution in [2.45, 2.75) is 26.0 Å². The van der Waals surface area contributed by atoms with Crippen LogP contribution in [0.15, 0.2) is 30.3 Å². The number of ether oxygens (including phenoxy) is 1. The third kappa shape index (κ3) is 4.04. The summed E-state index contributed by atoms with van der Waals surface area (Å²) in [4.78, 5) is 12.9. The van der Waals surface area contributed by atoms with Crippen LogP contribution < -0.4 is 0 Å². The van der Waals surface area contributed by atoms with E-state index in [4.69, 9.17) is 9.84 Å². The van der Waals surface area contributed by atoms with E-state index in [1.807, 2.05) is 35.2 Å². The summed E-state index contributed by atoms with van der Waals surface area (Å²) in [6.07, 6.45) is 1.02. The van der Waals surface area contributed by atoms with Crippen LogP contribution >= 0.6 is 0 Å². The fourth-order valence-corrected chi connectivity index (χ4v) is 2.42. The zero-order valence-electron chi connectivity index (χ0n) is 11.3. The molecule has 104 valence electrons. The van der Waals surface area contributed by atoms with Crippen LogP contribution in [0.25, 0.3) is 0 Å². The Morgan fingerprint density at radius 2 is 2.21 bits per heavy atom. The van der Waals surface area contributed by atoms with Crippen LogP contribution in [0.5, 0.6) is 0 Å². The van der Waals surface area contributed by atoms with Crippen LogP contribution in [0.4, 0.5) is 0 Å². The fraction of sp³-hybridized carbons (Fsp3) is 0.533. The molecular weight excluding hydrogens is 242 g/mol. The van der Waals surface area contributed by atoms with E-state index >= 15 is 0 Å². The third-order valence-corrected chi connectivity index (χ3v) is 3.69. The SMILES string of the molecule is CC(C(=O)O)N1CCC(COCc2ccccc2)C1. The molecular formula is C15H21NO3. The third-order valence-electron chi connectivity index (χ3n) is 3.69. The first-order valence-corrected chi connectivity index (χ1v) is 6.75. The number of likely N-dealkylation sites (tertiary alicyclic amines) is 1. The Balaban J connectivity index is 1.70. The molecule has 1 aromatic rings. The molecule has 1 aliphatic rings. The van der Waals surface area contributed by atoms with Crippen molar-refractivity contribution in [2.75, 3.05) is 19.7 Å². The van der Waals surface area contributed by atoms with Gasteiger partial charge in [-0.1, -0.05) is 30.3 Å². The van der Waals surface area contributed by atoms with E-state index in [9.17, 15) is 4.79 Å². The Hall–Kier alpha value is -1.39. The zero-order chi connectivity index (χ0) is 13.7. The van der Waals surface area contributed by atoms with Crippen LogP contribution in [0.1, 0.15) is 18.9 Å². The molecule has 4 nitrogen and oxygen atoms in total. The number of benzene rings is 1. The number of carboxylic acid groups (broad SMARTS) is 1. The van der Waals surface area contributed by atoms with Crippen molar-refractivity contribution < 1.29 is 14.6 Å². The van der Waals surface area contributed by atoms with Gasteiger partial charge in [0.25, 0.3) is 0 Å². The highest BCUT2D eigenvalue weighted by molar-refractivity contribution is 5.72. The quantitative estimate of drug-likeness (QED) is 0.853. The Bertz CT molecular complexity index is 407. The molecule has 1 aromatic carbocycles. The zero-order valence-corrected chi connectivity index (χ0v) is 11.3. The van der Waals surface area contributed by atoms with Gasteiger partial charge >= 0.3 is 5.97 Å². The maximum absolute atomic E-state index is 10.9. The van der Waals surface area contributed by atoms with Gasteiger partial charge in [-0.2, -0.15) is 0 Å². The molecule has 1 N–H and O–H groups in total. The summed E-state index contributed by atoms with van der Waals surface area (Å²) in [5.74, 6) is -0.295. The van der Waals surface area contributed by atoms with Crippen LogP contribution in [0.3, 0.4) is 0 Å². The standard InChI is InChI=1S/C15H21NO3/c1-12(15(17)18)16-8-7-14(9-16)11-19-10-13-5-3-2-4-6-13/h2-6,12,14H,7-11H2,1H3,(H,17,18). The lowest BCUT2D eigenvalue weighted by atomic mass is 10.1. The summed E-state index contributed by atoms with van der Waals surface area (Å²) in [7, 11) is 0. The van der Waals surface area contributed by atoms with Gasteiger partial charge in [-0.3, -0.25) is 9.69 Å². The van der Waals surface area contributed by atoms with Crippen LogP contribution in [-0.4, -0.2) is 41.7 Å². The molecule has 2 rings (SSSR count). The predicted molar refractivity (Wildman–Crippen MR) is 72.9 cm³/mol. The van der Waals surface area contributed by atoms with E-state index < -0.39 is 5.97 Å². The van der Waals surface area contributed by atoms with Gasteiger partial charge in [0.05, 0.1) is 13.2 Å². The summed E-state index contributed by atoms with van der Waals surface area (Å²) in [5.41, 5.74) is 1.18. The van der Waals surface area contributed by atoms with Crippen molar-refractivity contribution in [1.29, 1.82) is 0 Å². The lowest BCUT2D eigenvalue weighted by Gasteiger charge is -2.20. The van der Waals surface area contributed by atoms with Gasteiger partial charge in [0, 0.05) is 6.54 Å². The molecule has 1 fully saturated rings. The van der Waals surface area contributed by atoms with Crippen molar-refractivity contribution in [3.8, 4) is 0 Å². The second-order valence-corrected chi connectivity index (χ2v) is 5.16. The monoisotopic (exact) mass is 263 g/mol. The minimum atomic E-state index is -0.745. The number of carbonyl (C=O) groups is 1. The fourth-order valence-electron chi connectivity index (χ4n) is 2.42. The highest BCUT2D eigenvalue weighted by Crippen LogP contribution is 2.19. The Labute approximate surface area is 114 Å². The average Bonchev–Trinajstić information content (AvgIpc) is 2.88. The molecule has 2 atom stereocenters. The van der Waals surface area contributed by atoms with Crippen molar-refractivity contribution in [1.82, 2.24) is 4.90 Å². The number of nitrogens with zero attached hydrogens (tertiary/aromatic N) is 1. The molecule has 0 spiro atoms. The maximum atomic E-state index is 10.9. The van der Waals surface area contributed by atoms with Crippen LogP contribution in [0, 0.1) is 5.92 Å². The van der Waals surface area contributed by atoms with Crippen molar-refractivity contribution in [3.63, 3.8) is 0 Å². The molecule has 1 saturated heterocycles. The molecule has 0 radical (unpaired) electrons. The Morgan fingerprint density at radius 3 is 2.89 bits per heavy atom. The molecule has 1 aliphatic heterocycles. The maximum Gasteiger partial charge on any atom is 0.320 e. The molecule has 1 heterocycles. The largest absolute Gasteiger partial charge is 0.480 e. The second-order valence-electron chi connectivity index (χ2n) is 5.16. The van der Waals surface area contributed by atoms with E-state index in [1.54, 1.807) is 6.92 Å². The van der Waals surface area contributed by atoms with Gasteiger partial charge < -0.3 is 9.84 Å². The lowest BCUT2D eigenvalue weighted by Crippen LogP contribution is -2.37. The molecule has 4 heteroatoms. The Kier molecular flexibility index (Phi) is 4.93. The average molecular weight is 263 g/mol. The minimum absolute atomic E-state index is 0.390. The summed E-state index contributed by atoms with van der Waals surface area (Å²) in [6, 6.07) is 9.71. The topological polar surface area (TPSA) is 49.8 Å². The van der Waals surface area contributed by atoms with E-state index in [0.717, 1.165) is 19.5 Å². The predicted octanol–water partition coefficient (Wildman–Crippen LogP) is 2.00. The number of carboxylic acids is 1. The molecule has 0 bridgehead atoms. The molecule has 0 saturated carbocycles. The van der Waals surface area contributed by atoms with Crippen LogP contribution in [0.2, 0.25) is 0 Å². The van der Waals surface area contributed by atoms with Crippen molar-refractivity contribution in [3.05, 3.63) is 35.9 Å². The van der Waals surface area contributed by atoms with Crippen molar-refractivity contribution >= 4 is 5.97 Å². The van der Waals surface area contributed by atoms with Crippen molar-refractivity contribution in [2.24, 2.45) is 5.92 Å². The number of hydrogen-bond donors (Lipinski definition) is 1. The summed E-state index contributed by atoms with van der Waals surface area (Å²) in [6.45, 7) is 4.76. The smallest absolute Gasteiger partial charge is 0.320 e. The lowest BCUT2D eigenvalue weighted by molar-refractivity contribution is -0.142. The molecule has 0 amide bonds. The number of aliphatic carboxylic acids is 1. The molecule has 19 heavy (non-hydrogen) atoms. The van der Waals surface area contributed by atoms with E-state index in [2.05, 4.69) is 0 Å². The van der Waals surface area contributed by atoms with Gasteiger partial charge in [-0.25, -0.2) is 0 Å². The first-order chi connectivity index (χ1) is 9.16. The normalized spacial score (nSPS) is 21.4. The first-order valence-electron chi connectivity index (χ1n) is 6.75. The molecule has 0 aliphatic carbocycles. The molecule has 2 unspecified atom stereocenters. The second kappa shape index (κ2) is 6.68. The summed E-state index contributed by atoms with van der Waals surface area (Å²) >= 11 is 0. The van der Waals surface area contributed by atoms with E-state index in [0.29, 0.717) is 19.1 Å². The van der Waals surface area contributed by atoms with Gasteiger partial charge in [0.15, 0.2) is 0 Å². The highest BCUT2D eigenvalue weighted by atomic mass is 16.5.